The van der Waals surface area contributed by atoms with Crippen molar-refractivity contribution < 1.29 is 13.9 Å². The van der Waals surface area contributed by atoms with Crippen LogP contribution in [0.1, 0.15) is 21.7 Å². The summed E-state index contributed by atoms with van der Waals surface area (Å²) in [5.74, 6) is 0.858. The van der Waals surface area contributed by atoms with Crippen LogP contribution >= 0.6 is 0 Å². The molecule has 1 N–H and O–H groups in total. The molecule has 0 saturated heterocycles. The molecular weight excluding hydrogens is 290 g/mol. The Kier molecular flexibility index (Phi) is 4.33. The van der Waals surface area contributed by atoms with Gasteiger partial charge in [-0.2, -0.15) is 0 Å². The third kappa shape index (κ3) is 3.37. The molecule has 3 aromatic rings. The molecule has 4 nitrogen and oxygen atoms in total. The normalized spacial score (nSPS) is 10.7. The summed E-state index contributed by atoms with van der Waals surface area (Å²) in [7, 11) is 1.61. The molecule has 0 radical (unpaired) electrons. The first-order chi connectivity index (χ1) is 11.2. The van der Waals surface area contributed by atoms with Crippen LogP contribution in [-0.4, -0.2) is 19.6 Å². The van der Waals surface area contributed by atoms with Crippen LogP contribution in [0.4, 0.5) is 0 Å². The van der Waals surface area contributed by atoms with Crippen LogP contribution in [0.15, 0.2) is 52.9 Å². The first kappa shape index (κ1) is 15.2. The quantitative estimate of drug-likeness (QED) is 0.781. The van der Waals surface area contributed by atoms with E-state index in [1.165, 1.54) is 11.1 Å². The number of carbonyl (C=O) groups is 1. The van der Waals surface area contributed by atoms with Crippen LogP contribution < -0.4 is 10.1 Å². The van der Waals surface area contributed by atoms with Gasteiger partial charge in [0.2, 0.25) is 0 Å². The number of nitrogens with one attached hydrogen (secondary N) is 1. The van der Waals surface area contributed by atoms with Gasteiger partial charge in [0.15, 0.2) is 5.76 Å². The molecule has 1 amide bonds. The van der Waals surface area contributed by atoms with Crippen molar-refractivity contribution in [3.63, 3.8) is 0 Å². The van der Waals surface area contributed by atoms with E-state index in [1.54, 1.807) is 19.2 Å². The predicted molar refractivity (Wildman–Crippen MR) is 90.0 cm³/mol. The van der Waals surface area contributed by atoms with Gasteiger partial charge in [0.25, 0.3) is 5.91 Å². The van der Waals surface area contributed by atoms with Crippen molar-refractivity contribution in [2.75, 3.05) is 13.7 Å². The van der Waals surface area contributed by atoms with E-state index in [1.807, 2.05) is 24.3 Å². The van der Waals surface area contributed by atoms with Gasteiger partial charge in [-0.15, -0.1) is 0 Å². The molecule has 118 valence electrons. The van der Waals surface area contributed by atoms with E-state index in [2.05, 4.69) is 24.4 Å². The number of methoxy groups -OCH3 is 1. The van der Waals surface area contributed by atoms with Crippen LogP contribution in [-0.2, 0) is 6.42 Å². The lowest BCUT2D eigenvalue weighted by molar-refractivity contribution is 0.0928. The second kappa shape index (κ2) is 6.57. The summed E-state index contributed by atoms with van der Waals surface area (Å²) in [5, 5.41) is 3.76. The molecule has 0 bridgehead atoms. The zero-order valence-corrected chi connectivity index (χ0v) is 13.3. The standard InChI is InChI=1S/C19H19NO3/c1-13-5-3-4-6-14(13)9-10-20-19(21)18-12-15-11-16(22-2)7-8-17(15)23-18/h3-8,11-12H,9-10H2,1-2H3,(H,20,21). The van der Waals surface area contributed by atoms with E-state index in [0.717, 1.165) is 17.6 Å². The van der Waals surface area contributed by atoms with Crippen LogP contribution in [0.25, 0.3) is 11.0 Å². The molecule has 0 saturated carbocycles. The Morgan fingerprint density at radius 3 is 2.78 bits per heavy atom. The summed E-state index contributed by atoms with van der Waals surface area (Å²) in [6.07, 6.45) is 0.798. The highest BCUT2D eigenvalue weighted by molar-refractivity contribution is 5.96. The van der Waals surface area contributed by atoms with Crippen LogP contribution in [0, 0.1) is 6.92 Å². The largest absolute Gasteiger partial charge is 0.497 e. The highest BCUT2D eigenvalue weighted by Crippen LogP contribution is 2.24. The molecule has 2 aromatic carbocycles. The molecule has 0 aliphatic carbocycles. The molecule has 1 heterocycles. The Balaban J connectivity index is 1.65. The number of amides is 1. The maximum absolute atomic E-state index is 12.2. The van der Waals surface area contributed by atoms with E-state index in [9.17, 15) is 4.79 Å². The van der Waals surface area contributed by atoms with E-state index in [-0.39, 0.29) is 5.91 Å². The monoisotopic (exact) mass is 309 g/mol. The van der Waals surface area contributed by atoms with Gasteiger partial charge in [-0.05, 0) is 48.7 Å². The van der Waals surface area contributed by atoms with Crippen molar-refractivity contribution in [2.24, 2.45) is 0 Å². The van der Waals surface area contributed by atoms with E-state index < -0.39 is 0 Å². The first-order valence-electron chi connectivity index (χ1n) is 7.57. The van der Waals surface area contributed by atoms with Gasteiger partial charge in [0, 0.05) is 11.9 Å². The van der Waals surface area contributed by atoms with Gasteiger partial charge in [0.1, 0.15) is 11.3 Å². The van der Waals surface area contributed by atoms with Crippen molar-refractivity contribution in [2.45, 2.75) is 13.3 Å². The van der Waals surface area contributed by atoms with Gasteiger partial charge in [-0.3, -0.25) is 4.79 Å². The lowest BCUT2D eigenvalue weighted by Gasteiger charge is -2.06. The third-order valence-electron chi connectivity index (χ3n) is 3.89. The molecule has 4 heteroatoms. The number of benzene rings is 2. The number of aryl methyl sites for hydroxylation is 1. The maximum Gasteiger partial charge on any atom is 0.287 e. The summed E-state index contributed by atoms with van der Waals surface area (Å²) in [4.78, 5) is 12.2. The molecule has 1 aromatic heterocycles. The first-order valence-corrected chi connectivity index (χ1v) is 7.57. The Bertz CT molecular complexity index is 836. The van der Waals surface area contributed by atoms with Crippen molar-refractivity contribution in [3.8, 4) is 5.75 Å². The SMILES string of the molecule is COc1ccc2oc(C(=O)NCCc3ccccc3C)cc2c1. The van der Waals surface area contributed by atoms with E-state index >= 15 is 0 Å². The number of ether oxygens (including phenoxy) is 1. The number of hydrogen-bond acceptors (Lipinski definition) is 3. The van der Waals surface area contributed by atoms with Crippen molar-refractivity contribution in [3.05, 3.63) is 65.4 Å². The fourth-order valence-electron chi connectivity index (χ4n) is 2.55. The lowest BCUT2D eigenvalue weighted by atomic mass is 10.1. The minimum absolute atomic E-state index is 0.200. The van der Waals surface area contributed by atoms with Gasteiger partial charge < -0.3 is 14.5 Å². The molecular formula is C19H19NO3. The average Bonchev–Trinajstić information content (AvgIpc) is 2.99. The molecule has 23 heavy (non-hydrogen) atoms. The topological polar surface area (TPSA) is 51.5 Å². The summed E-state index contributed by atoms with van der Waals surface area (Å²) < 4.78 is 10.8. The minimum atomic E-state index is -0.200. The molecule has 3 rings (SSSR count). The zero-order valence-electron chi connectivity index (χ0n) is 13.3. The number of carbonyl (C=O) groups excluding carboxylic acids is 1. The van der Waals surface area contributed by atoms with Crippen molar-refractivity contribution in [1.82, 2.24) is 5.32 Å². The number of rotatable bonds is 5. The number of fused-ring (bicyclic) bond motifs is 1. The van der Waals surface area contributed by atoms with Gasteiger partial charge in [-0.1, -0.05) is 24.3 Å². The number of hydrogen-bond donors (Lipinski definition) is 1. The van der Waals surface area contributed by atoms with Crippen molar-refractivity contribution >= 4 is 16.9 Å². The Morgan fingerprint density at radius 1 is 1.17 bits per heavy atom. The van der Waals surface area contributed by atoms with Crippen LogP contribution in [0.3, 0.4) is 0 Å². The fourth-order valence-corrected chi connectivity index (χ4v) is 2.55. The predicted octanol–water partition coefficient (Wildman–Crippen LogP) is 3.72. The van der Waals surface area contributed by atoms with Gasteiger partial charge in [-0.25, -0.2) is 0 Å². The second-order valence-corrected chi connectivity index (χ2v) is 5.45. The average molecular weight is 309 g/mol. The van der Waals surface area contributed by atoms with Crippen molar-refractivity contribution in [1.29, 1.82) is 0 Å². The molecule has 0 atom stereocenters. The zero-order chi connectivity index (χ0) is 16.2. The fraction of sp³-hybridized carbons (Fsp3) is 0.211. The highest BCUT2D eigenvalue weighted by Gasteiger charge is 2.12. The molecule has 0 unspecified atom stereocenters. The summed E-state index contributed by atoms with van der Waals surface area (Å²) in [5.41, 5.74) is 3.15. The summed E-state index contributed by atoms with van der Waals surface area (Å²) in [6, 6.07) is 15.4. The van der Waals surface area contributed by atoms with Gasteiger partial charge in [0.05, 0.1) is 7.11 Å². The van der Waals surface area contributed by atoms with E-state index in [0.29, 0.717) is 17.9 Å². The molecule has 0 aliphatic heterocycles. The summed E-state index contributed by atoms with van der Waals surface area (Å²) in [6.45, 7) is 2.65. The van der Waals surface area contributed by atoms with Crippen LogP contribution in [0.2, 0.25) is 0 Å². The molecule has 0 fully saturated rings. The van der Waals surface area contributed by atoms with Gasteiger partial charge >= 0.3 is 0 Å². The highest BCUT2D eigenvalue weighted by atomic mass is 16.5. The Morgan fingerprint density at radius 2 is 2.00 bits per heavy atom. The van der Waals surface area contributed by atoms with Crippen LogP contribution in [0.5, 0.6) is 5.75 Å². The Hall–Kier alpha value is -2.75. The second-order valence-electron chi connectivity index (χ2n) is 5.45. The lowest BCUT2D eigenvalue weighted by Crippen LogP contribution is -2.25. The maximum atomic E-state index is 12.2. The van der Waals surface area contributed by atoms with E-state index in [4.69, 9.17) is 9.15 Å². The number of furan rings is 1. The minimum Gasteiger partial charge on any atom is -0.497 e. The molecule has 0 aliphatic rings. The smallest absolute Gasteiger partial charge is 0.287 e. The Labute approximate surface area is 135 Å². The summed E-state index contributed by atoms with van der Waals surface area (Å²) >= 11 is 0. The molecule has 0 spiro atoms. The third-order valence-corrected chi connectivity index (χ3v) is 3.89.